The Hall–Kier alpha value is -12.7. The van der Waals surface area contributed by atoms with Gasteiger partial charge in [0.05, 0.1) is 57.0 Å². The fourth-order valence-electron chi connectivity index (χ4n) is 13.3. The molecule has 0 aliphatic carbocycles. The first-order valence-corrected chi connectivity index (χ1v) is 31.0. The molecule has 446 valence electrons. The zero-order chi connectivity index (χ0) is 66.9. The van der Waals surface area contributed by atoms with Crippen molar-refractivity contribution in [2.75, 3.05) is 0 Å². The van der Waals surface area contributed by atoms with E-state index in [1.54, 1.807) is 12.1 Å². The first-order valence-electron chi connectivity index (χ1n) is 33.5. The summed E-state index contributed by atoms with van der Waals surface area (Å²) in [6.07, 6.45) is 4.22. The molecule has 0 radical (unpaired) electrons. The van der Waals surface area contributed by atoms with Gasteiger partial charge >= 0.3 is 0 Å². The molecule has 0 N–H and O–H groups in total. The van der Waals surface area contributed by atoms with Crippen molar-refractivity contribution in [3.8, 4) is 96.3 Å². The Morgan fingerprint density at radius 2 is 0.766 bits per heavy atom. The number of aromatic nitrogens is 9. The number of fused-ring (bicyclic) bond motifs is 11. The SMILES string of the molecule is Cc1nc2cccc3c2n1-c1ccc(-c2nc4ccccc4c4nc5ccccc5n24)cc1O3.Cc1nc2cccc3c2n1-c1ccc(/C=C/c2ccccc2)cc1O3.[2H]c1c([2H])c([2H])c(-c2ccc(-c3ccc(-c4ccc5c(c4)Oc4cccc6nc(C)n-5c46)cc3)cc2)c([2H])c1[2H]. The van der Waals surface area contributed by atoms with Gasteiger partial charge < -0.3 is 14.2 Å². The first kappa shape index (κ1) is 49.2. The third-order valence-corrected chi connectivity index (χ3v) is 17.6. The number of para-hydroxylation sites is 6. The number of nitrogens with zero attached hydrogens (tertiary/aromatic N) is 9. The molecular weight excluding hydrogens is 1160 g/mol. The monoisotopic (exact) mass is 1220 g/mol. The lowest BCUT2D eigenvalue weighted by Crippen LogP contribution is -2.06. The zero-order valence-electron chi connectivity index (χ0n) is 55.9. The number of hydrogen-bond acceptors (Lipinski definition) is 8. The van der Waals surface area contributed by atoms with Crippen molar-refractivity contribution in [1.29, 1.82) is 0 Å². The molecule has 12 heteroatoms. The Balaban J connectivity index is 0.000000110. The Kier molecular flexibility index (Phi) is 11.4. The van der Waals surface area contributed by atoms with Crippen LogP contribution in [0.2, 0.25) is 0 Å². The summed E-state index contributed by atoms with van der Waals surface area (Å²) < 4.78 is 67.6. The van der Waals surface area contributed by atoms with Crippen LogP contribution in [-0.2, 0) is 0 Å². The summed E-state index contributed by atoms with van der Waals surface area (Å²) in [5.41, 5.74) is 20.7. The smallest absolute Gasteiger partial charge is 0.153 e. The summed E-state index contributed by atoms with van der Waals surface area (Å²) >= 11 is 0. The number of aryl methyl sites for hydroxylation is 3. The highest BCUT2D eigenvalue weighted by molar-refractivity contribution is 5.99. The summed E-state index contributed by atoms with van der Waals surface area (Å²) in [5, 5.41) is 1.03. The molecule has 94 heavy (non-hydrogen) atoms. The van der Waals surface area contributed by atoms with E-state index in [2.05, 4.69) is 131 Å². The van der Waals surface area contributed by atoms with Crippen molar-refractivity contribution >= 4 is 72.8 Å². The number of hydrogen-bond donors (Lipinski definition) is 0. The fourth-order valence-corrected chi connectivity index (χ4v) is 13.3. The molecule has 0 spiro atoms. The molecule has 3 aliphatic rings. The van der Waals surface area contributed by atoms with E-state index in [4.69, 9.17) is 36.0 Å². The lowest BCUT2D eigenvalue weighted by atomic mass is 9.98. The Morgan fingerprint density at radius 1 is 0.330 bits per heavy atom. The highest BCUT2D eigenvalue weighted by Crippen LogP contribution is 2.46. The molecule has 0 unspecified atom stereocenters. The normalized spacial score (nSPS) is 12.9. The fraction of sp³-hybridized carbons (Fsp3) is 0.0366. The van der Waals surface area contributed by atoms with Crippen molar-refractivity contribution in [1.82, 2.24) is 43.0 Å². The van der Waals surface area contributed by atoms with Gasteiger partial charge in [-0.15, -0.1) is 0 Å². The molecule has 20 rings (SSSR count). The van der Waals surface area contributed by atoms with E-state index >= 15 is 0 Å². The lowest BCUT2D eigenvalue weighted by Gasteiger charge is -2.21. The van der Waals surface area contributed by atoms with Crippen LogP contribution in [0.15, 0.2) is 267 Å². The maximum absolute atomic E-state index is 8.23. The van der Waals surface area contributed by atoms with E-state index in [9.17, 15) is 0 Å². The lowest BCUT2D eigenvalue weighted by molar-refractivity contribution is 0.474. The summed E-state index contributed by atoms with van der Waals surface area (Å²) in [4.78, 5) is 24.1. The average Bonchev–Trinajstić information content (AvgIpc) is 1.65. The molecule has 0 fully saturated rings. The van der Waals surface area contributed by atoms with E-state index in [-0.39, 0.29) is 35.8 Å². The minimum absolute atomic E-state index is 0.201. The van der Waals surface area contributed by atoms with Crippen molar-refractivity contribution in [3.63, 3.8) is 0 Å². The minimum Gasteiger partial charge on any atom is -0.453 e. The van der Waals surface area contributed by atoms with Gasteiger partial charge in [0.1, 0.15) is 45.5 Å². The van der Waals surface area contributed by atoms with Gasteiger partial charge in [0, 0.05) is 10.9 Å². The molecule has 0 saturated heterocycles. The number of benzene rings is 12. The molecule has 3 aliphatic heterocycles. The van der Waals surface area contributed by atoms with Gasteiger partial charge in [-0.1, -0.05) is 176 Å². The standard InChI is InChI=1S/C32H22N2O.C28H17N5O.C22H16N2O/c1-21-33-28-8-5-9-30-32(28)34(21)29-19-18-27(20-31(29)35-30)26-16-14-25(15-17-26)24-12-10-23(11-13-24)22-6-3-2-4-7-22;1-16-29-21-10-6-12-24-26(21)32(16)23-14-13-17(15-25(23)34-24)27-30-19-8-3-2-7-18(19)28-31-20-9-4-5-11-22(20)33(27)28;1-15-23-18-8-5-9-20-22(18)24(15)19-13-12-17(14-21(19)25-20)11-10-16-6-3-2-4-7-16/h2-20H,1H3;2-15H,1H3;2-14H,1H3/b;;11-10+/i2D,3D,4D,6D,7D;;. The molecule has 12 aromatic carbocycles. The van der Waals surface area contributed by atoms with Crippen LogP contribution in [0.1, 0.15) is 35.5 Å². The van der Waals surface area contributed by atoms with E-state index in [0.717, 1.165) is 169 Å². The predicted octanol–water partition coefficient (Wildman–Crippen LogP) is 20.5. The molecular formula is C82H55N9O3. The van der Waals surface area contributed by atoms with Crippen molar-refractivity contribution in [3.05, 3.63) is 295 Å². The third kappa shape index (κ3) is 9.10. The van der Waals surface area contributed by atoms with E-state index in [1.165, 1.54) is 5.56 Å². The van der Waals surface area contributed by atoms with Crippen LogP contribution in [0, 0.1) is 20.8 Å². The molecule has 0 bridgehead atoms. The van der Waals surface area contributed by atoms with E-state index in [1.807, 2.05) is 154 Å². The molecule has 8 heterocycles. The average molecular weight is 1220 g/mol. The summed E-state index contributed by atoms with van der Waals surface area (Å²) in [6, 6.07) is 77.5. The van der Waals surface area contributed by atoms with Gasteiger partial charge in [-0.25, -0.2) is 24.9 Å². The Bertz CT molecular complexity index is 6230. The van der Waals surface area contributed by atoms with E-state index in [0.29, 0.717) is 5.56 Å². The van der Waals surface area contributed by atoms with Crippen LogP contribution >= 0.6 is 0 Å². The van der Waals surface area contributed by atoms with Gasteiger partial charge in [-0.2, -0.15) is 0 Å². The number of rotatable bonds is 6. The molecule has 0 amide bonds. The highest BCUT2D eigenvalue weighted by Gasteiger charge is 2.27. The molecule has 17 aromatic rings. The number of imidazole rings is 4. The topological polar surface area (TPSA) is 111 Å². The van der Waals surface area contributed by atoms with Crippen LogP contribution in [-0.4, -0.2) is 43.0 Å². The van der Waals surface area contributed by atoms with Gasteiger partial charge in [-0.05, 0) is 168 Å². The summed E-state index contributed by atoms with van der Waals surface area (Å²) in [7, 11) is 0. The summed E-state index contributed by atoms with van der Waals surface area (Å²) in [6.45, 7) is 6.06. The van der Waals surface area contributed by atoms with Crippen LogP contribution < -0.4 is 14.2 Å². The van der Waals surface area contributed by atoms with Crippen LogP contribution in [0.25, 0.3) is 135 Å². The van der Waals surface area contributed by atoms with Gasteiger partial charge in [0.15, 0.2) is 34.5 Å². The quantitative estimate of drug-likeness (QED) is 0.151. The van der Waals surface area contributed by atoms with Crippen molar-refractivity contribution in [2.45, 2.75) is 20.8 Å². The maximum Gasteiger partial charge on any atom is 0.153 e. The van der Waals surface area contributed by atoms with E-state index < -0.39 is 0 Å². The third-order valence-electron chi connectivity index (χ3n) is 17.6. The summed E-state index contributed by atoms with van der Waals surface area (Å²) in [5.74, 6) is 8.55. The number of ether oxygens (including phenoxy) is 3. The first-order chi connectivity index (χ1) is 48.4. The molecule has 0 saturated carbocycles. The second-order valence-electron chi connectivity index (χ2n) is 23.4. The van der Waals surface area contributed by atoms with Crippen molar-refractivity contribution < 1.29 is 21.1 Å². The minimum atomic E-state index is -0.389. The zero-order valence-corrected chi connectivity index (χ0v) is 50.9. The molecule has 5 aromatic heterocycles. The second kappa shape index (κ2) is 21.8. The van der Waals surface area contributed by atoms with Crippen molar-refractivity contribution in [2.24, 2.45) is 0 Å². The van der Waals surface area contributed by atoms with Gasteiger partial charge in [-0.3, -0.25) is 18.1 Å². The predicted molar refractivity (Wildman–Crippen MR) is 376 cm³/mol. The van der Waals surface area contributed by atoms with Crippen LogP contribution in [0.4, 0.5) is 0 Å². The highest BCUT2D eigenvalue weighted by atomic mass is 16.5. The Morgan fingerprint density at radius 3 is 1.34 bits per heavy atom. The van der Waals surface area contributed by atoms with Gasteiger partial charge in [0.2, 0.25) is 0 Å². The maximum atomic E-state index is 8.23. The van der Waals surface area contributed by atoms with Crippen LogP contribution in [0.3, 0.4) is 0 Å². The molecule has 0 atom stereocenters. The Labute approximate surface area is 546 Å². The molecule has 12 nitrogen and oxygen atoms in total. The second-order valence-corrected chi connectivity index (χ2v) is 23.4. The van der Waals surface area contributed by atoms with Crippen LogP contribution in [0.5, 0.6) is 34.5 Å². The van der Waals surface area contributed by atoms with Gasteiger partial charge in [0.25, 0.3) is 0 Å². The largest absolute Gasteiger partial charge is 0.453 e.